The van der Waals surface area contributed by atoms with Crippen molar-refractivity contribution in [3.63, 3.8) is 0 Å². The van der Waals surface area contributed by atoms with Crippen LogP contribution < -0.4 is 0 Å². The highest BCUT2D eigenvalue weighted by Crippen LogP contribution is 2.59. The first-order valence-corrected chi connectivity index (χ1v) is 9.17. The van der Waals surface area contributed by atoms with Gasteiger partial charge in [0.15, 0.2) is 0 Å². The molecule has 0 saturated carbocycles. The van der Waals surface area contributed by atoms with Gasteiger partial charge in [0.05, 0.1) is 11.6 Å². The van der Waals surface area contributed by atoms with Crippen LogP contribution in [0.1, 0.15) is 56.1 Å². The van der Waals surface area contributed by atoms with E-state index in [1.807, 2.05) is 7.11 Å². The Morgan fingerprint density at radius 3 is 2.96 bits per heavy atom. The molecule has 1 aromatic carbocycles. The molecule has 3 aliphatic rings. The van der Waals surface area contributed by atoms with Gasteiger partial charge < -0.3 is 9.30 Å². The number of hydrogen-bond acceptors (Lipinski definition) is 2. The van der Waals surface area contributed by atoms with Crippen LogP contribution in [0, 0.1) is 5.41 Å². The number of para-hydroxylation sites is 1. The lowest BCUT2D eigenvalue weighted by Gasteiger charge is -2.56. The summed E-state index contributed by atoms with van der Waals surface area (Å²) in [6, 6.07) is 9.56. The number of methoxy groups -OCH3 is 1. The van der Waals surface area contributed by atoms with Gasteiger partial charge in [0, 0.05) is 31.2 Å². The van der Waals surface area contributed by atoms with Gasteiger partial charge in [0.2, 0.25) is 0 Å². The zero-order chi connectivity index (χ0) is 15.6. The van der Waals surface area contributed by atoms with Crippen molar-refractivity contribution < 1.29 is 4.74 Å². The molecule has 5 rings (SSSR count). The van der Waals surface area contributed by atoms with E-state index >= 15 is 0 Å². The number of fused-ring (bicyclic) bond motifs is 3. The van der Waals surface area contributed by atoms with Gasteiger partial charge in [-0.05, 0) is 49.3 Å². The predicted molar refractivity (Wildman–Crippen MR) is 92.6 cm³/mol. The number of hydrogen-bond donors (Lipinski definition) is 0. The summed E-state index contributed by atoms with van der Waals surface area (Å²) in [6.07, 6.45) is 6.50. The Balaban J connectivity index is 1.85. The fraction of sp³-hybridized carbons (Fsp3) is 0.600. The molecular weight excluding hydrogens is 284 g/mol. The fourth-order valence-electron chi connectivity index (χ4n) is 5.82. The largest absolute Gasteiger partial charge is 0.361 e. The van der Waals surface area contributed by atoms with Crippen LogP contribution in [0.2, 0.25) is 0 Å². The van der Waals surface area contributed by atoms with Crippen LogP contribution in [0.25, 0.3) is 10.9 Å². The van der Waals surface area contributed by atoms with Crippen LogP contribution in [0.15, 0.2) is 24.3 Å². The monoisotopic (exact) mass is 310 g/mol. The second kappa shape index (κ2) is 4.84. The van der Waals surface area contributed by atoms with Gasteiger partial charge in [-0.3, -0.25) is 4.90 Å². The number of nitrogens with zero attached hydrogens (tertiary/aromatic N) is 2. The zero-order valence-electron chi connectivity index (χ0n) is 14.2. The minimum atomic E-state index is 0.192. The molecule has 1 fully saturated rings. The van der Waals surface area contributed by atoms with Gasteiger partial charge in [-0.25, -0.2) is 0 Å². The summed E-state index contributed by atoms with van der Waals surface area (Å²) < 4.78 is 8.56. The molecule has 1 aromatic heterocycles. The average Bonchev–Trinajstić information content (AvgIpc) is 2.95. The zero-order valence-corrected chi connectivity index (χ0v) is 14.2. The molecule has 3 heteroatoms. The molecule has 0 N–H and O–H groups in total. The maximum atomic E-state index is 6.02. The highest BCUT2D eigenvalue weighted by molar-refractivity contribution is 5.86. The highest BCUT2D eigenvalue weighted by Gasteiger charge is 2.53. The smallest absolute Gasteiger partial charge is 0.134 e. The molecule has 1 saturated heterocycles. The maximum absolute atomic E-state index is 6.02. The van der Waals surface area contributed by atoms with Crippen molar-refractivity contribution in [2.75, 3.05) is 20.2 Å². The molecule has 0 amide bonds. The Bertz CT molecular complexity index is 764. The molecule has 3 nitrogen and oxygen atoms in total. The molecule has 0 spiro atoms. The molecule has 0 aliphatic carbocycles. The van der Waals surface area contributed by atoms with E-state index in [-0.39, 0.29) is 6.23 Å². The lowest BCUT2D eigenvalue weighted by Crippen LogP contribution is -2.53. The van der Waals surface area contributed by atoms with Crippen LogP contribution in [-0.2, 0) is 11.2 Å². The Morgan fingerprint density at radius 1 is 1.26 bits per heavy atom. The number of piperidine rings is 1. The molecule has 3 atom stereocenters. The summed E-state index contributed by atoms with van der Waals surface area (Å²) in [6.45, 7) is 4.89. The fourth-order valence-corrected chi connectivity index (χ4v) is 5.82. The third-order valence-corrected chi connectivity index (χ3v) is 6.88. The van der Waals surface area contributed by atoms with E-state index in [9.17, 15) is 0 Å². The van der Waals surface area contributed by atoms with Crippen molar-refractivity contribution in [3.05, 3.63) is 35.5 Å². The summed E-state index contributed by atoms with van der Waals surface area (Å²) in [4.78, 5) is 2.77. The number of benzene rings is 1. The summed E-state index contributed by atoms with van der Waals surface area (Å²) >= 11 is 0. The minimum absolute atomic E-state index is 0.192. The van der Waals surface area contributed by atoms with E-state index in [1.165, 1.54) is 49.7 Å². The van der Waals surface area contributed by atoms with Gasteiger partial charge in [0.1, 0.15) is 6.23 Å². The molecule has 0 bridgehead atoms. The summed E-state index contributed by atoms with van der Waals surface area (Å²) in [5.41, 5.74) is 4.96. The van der Waals surface area contributed by atoms with Crippen molar-refractivity contribution in [2.45, 2.75) is 51.3 Å². The molecule has 0 unspecified atom stereocenters. The molecule has 122 valence electrons. The van der Waals surface area contributed by atoms with E-state index < -0.39 is 0 Å². The molecule has 3 aliphatic heterocycles. The van der Waals surface area contributed by atoms with Crippen LogP contribution in [-0.4, -0.2) is 29.7 Å². The SMILES string of the molecule is CC[C@]12CCCN3CCc4c(n(c5ccccc45)[C@H](OC)C1)[C@@H]32. The summed E-state index contributed by atoms with van der Waals surface area (Å²) in [5.74, 6) is 0. The molecule has 4 heterocycles. The Labute approximate surface area is 138 Å². The Kier molecular flexibility index (Phi) is 2.96. The normalized spacial score (nSPS) is 33.0. The van der Waals surface area contributed by atoms with Crippen LogP contribution in [0.5, 0.6) is 0 Å². The summed E-state index contributed by atoms with van der Waals surface area (Å²) in [5, 5.41) is 1.46. The molecule has 2 aromatic rings. The second-order valence-electron chi connectivity index (χ2n) is 7.65. The van der Waals surface area contributed by atoms with Crippen molar-refractivity contribution in [1.29, 1.82) is 0 Å². The average molecular weight is 310 g/mol. The van der Waals surface area contributed by atoms with Gasteiger partial charge in [0.25, 0.3) is 0 Å². The van der Waals surface area contributed by atoms with Crippen LogP contribution in [0.4, 0.5) is 0 Å². The molecule has 0 radical (unpaired) electrons. The first kappa shape index (κ1) is 14.1. The third-order valence-electron chi connectivity index (χ3n) is 6.88. The van der Waals surface area contributed by atoms with Crippen LogP contribution in [0.3, 0.4) is 0 Å². The van der Waals surface area contributed by atoms with Crippen LogP contribution >= 0.6 is 0 Å². The van der Waals surface area contributed by atoms with E-state index in [0.29, 0.717) is 11.5 Å². The third kappa shape index (κ3) is 1.67. The number of rotatable bonds is 2. The Morgan fingerprint density at radius 2 is 2.13 bits per heavy atom. The maximum Gasteiger partial charge on any atom is 0.134 e. The molecular formula is C20H26N2O. The van der Waals surface area contributed by atoms with Gasteiger partial charge in [-0.1, -0.05) is 25.1 Å². The quantitative estimate of drug-likeness (QED) is 0.824. The standard InChI is InChI=1S/C20H26N2O/c1-3-20-10-6-11-21-12-9-15-14-7-4-5-8-16(14)22(17(13-20)23-2)18(15)19(20)21/h4-5,7-8,17,19H,3,6,9-13H2,1-2H3/t17-,19-,20+/m1/s1. The first-order valence-electron chi connectivity index (χ1n) is 9.17. The van der Waals surface area contributed by atoms with Crippen molar-refractivity contribution in [2.24, 2.45) is 5.41 Å². The summed E-state index contributed by atoms with van der Waals surface area (Å²) in [7, 11) is 1.89. The minimum Gasteiger partial charge on any atom is -0.361 e. The van der Waals surface area contributed by atoms with Crippen molar-refractivity contribution >= 4 is 10.9 Å². The number of aromatic nitrogens is 1. The highest BCUT2D eigenvalue weighted by atomic mass is 16.5. The van der Waals surface area contributed by atoms with E-state index in [4.69, 9.17) is 4.74 Å². The lowest BCUT2D eigenvalue weighted by atomic mass is 9.64. The molecule has 23 heavy (non-hydrogen) atoms. The van der Waals surface area contributed by atoms with Crippen molar-refractivity contribution in [3.8, 4) is 0 Å². The Hall–Kier alpha value is -1.32. The number of ether oxygens (including phenoxy) is 1. The van der Waals surface area contributed by atoms with Crippen molar-refractivity contribution in [1.82, 2.24) is 9.47 Å². The second-order valence-corrected chi connectivity index (χ2v) is 7.65. The topological polar surface area (TPSA) is 17.4 Å². The van der Waals surface area contributed by atoms with Gasteiger partial charge in [-0.2, -0.15) is 0 Å². The van der Waals surface area contributed by atoms with Gasteiger partial charge in [-0.15, -0.1) is 0 Å². The van der Waals surface area contributed by atoms with Gasteiger partial charge >= 0.3 is 0 Å². The van der Waals surface area contributed by atoms with E-state index in [2.05, 4.69) is 40.7 Å². The lowest BCUT2D eigenvalue weighted by molar-refractivity contribution is -0.0926. The van der Waals surface area contributed by atoms with E-state index in [1.54, 1.807) is 11.3 Å². The van der Waals surface area contributed by atoms with E-state index in [0.717, 1.165) is 6.42 Å². The first-order chi connectivity index (χ1) is 11.3. The predicted octanol–water partition coefficient (Wildman–Crippen LogP) is 4.28.